The van der Waals surface area contributed by atoms with Crippen molar-refractivity contribution in [3.63, 3.8) is 0 Å². The summed E-state index contributed by atoms with van der Waals surface area (Å²) in [5, 5.41) is 7.02. The highest BCUT2D eigenvalue weighted by Crippen LogP contribution is 2.05. The molecule has 14 heavy (non-hydrogen) atoms. The molecule has 0 unspecified atom stereocenters. The molecule has 0 atom stereocenters. The molecule has 4 heteroatoms. The van der Waals surface area contributed by atoms with Gasteiger partial charge in [-0.05, 0) is 41.8 Å². The van der Waals surface area contributed by atoms with E-state index in [1.807, 2.05) is 5.38 Å². The summed E-state index contributed by atoms with van der Waals surface area (Å²) in [6.07, 6.45) is 2.22. The minimum Gasteiger partial charge on any atom is -0.356 e. The number of hydrogen-bond donors (Lipinski definition) is 2. The Kier molecular flexibility index (Phi) is 5.25. The van der Waals surface area contributed by atoms with E-state index in [4.69, 9.17) is 5.73 Å². The SMILES string of the molecule is NCCCC(=O)NCCc1ccsc1. The van der Waals surface area contributed by atoms with Gasteiger partial charge >= 0.3 is 0 Å². The van der Waals surface area contributed by atoms with Crippen molar-refractivity contribution < 1.29 is 4.79 Å². The summed E-state index contributed by atoms with van der Waals surface area (Å²) >= 11 is 1.68. The summed E-state index contributed by atoms with van der Waals surface area (Å²) in [5.41, 5.74) is 6.59. The second kappa shape index (κ2) is 6.56. The van der Waals surface area contributed by atoms with Crippen LogP contribution in [0.3, 0.4) is 0 Å². The predicted molar refractivity (Wildman–Crippen MR) is 59.3 cm³/mol. The standard InChI is InChI=1S/C10H16N2OS/c11-5-1-2-10(13)12-6-3-9-4-7-14-8-9/h4,7-8H,1-3,5-6,11H2,(H,12,13). The first-order valence-electron chi connectivity index (χ1n) is 4.81. The number of nitrogens with two attached hydrogens (primary N) is 1. The first-order valence-corrected chi connectivity index (χ1v) is 5.75. The average Bonchev–Trinajstić information content (AvgIpc) is 2.67. The van der Waals surface area contributed by atoms with Crippen LogP contribution in [-0.2, 0) is 11.2 Å². The molecule has 0 aliphatic heterocycles. The van der Waals surface area contributed by atoms with Crippen molar-refractivity contribution in [3.05, 3.63) is 22.4 Å². The van der Waals surface area contributed by atoms with E-state index >= 15 is 0 Å². The topological polar surface area (TPSA) is 55.1 Å². The second-order valence-corrected chi connectivity index (χ2v) is 3.90. The third-order valence-corrected chi connectivity index (χ3v) is 2.66. The van der Waals surface area contributed by atoms with Crippen LogP contribution in [0.1, 0.15) is 18.4 Å². The monoisotopic (exact) mass is 212 g/mol. The van der Waals surface area contributed by atoms with Crippen molar-refractivity contribution in [1.29, 1.82) is 0 Å². The van der Waals surface area contributed by atoms with E-state index in [-0.39, 0.29) is 5.91 Å². The number of thiophene rings is 1. The molecule has 0 aromatic carbocycles. The molecule has 0 radical (unpaired) electrons. The summed E-state index contributed by atoms with van der Waals surface area (Å²) in [6.45, 7) is 1.30. The Labute approximate surface area is 88.3 Å². The van der Waals surface area contributed by atoms with Gasteiger partial charge in [0, 0.05) is 13.0 Å². The maximum absolute atomic E-state index is 11.2. The van der Waals surface area contributed by atoms with Gasteiger partial charge in [-0.3, -0.25) is 4.79 Å². The number of nitrogens with one attached hydrogen (secondary N) is 1. The number of amides is 1. The quantitative estimate of drug-likeness (QED) is 0.743. The first-order chi connectivity index (χ1) is 6.83. The molecule has 0 aliphatic rings. The van der Waals surface area contributed by atoms with Crippen molar-refractivity contribution in [1.82, 2.24) is 5.32 Å². The van der Waals surface area contributed by atoms with Crippen LogP contribution in [0.5, 0.6) is 0 Å². The molecular formula is C10H16N2OS. The maximum Gasteiger partial charge on any atom is 0.220 e. The van der Waals surface area contributed by atoms with Gasteiger partial charge in [-0.1, -0.05) is 0 Å². The van der Waals surface area contributed by atoms with Crippen LogP contribution < -0.4 is 11.1 Å². The summed E-state index contributed by atoms with van der Waals surface area (Å²) in [7, 11) is 0. The van der Waals surface area contributed by atoms with E-state index in [0.717, 1.165) is 19.4 Å². The van der Waals surface area contributed by atoms with Crippen LogP contribution in [0.15, 0.2) is 16.8 Å². The van der Waals surface area contributed by atoms with Gasteiger partial charge in [0.1, 0.15) is 0 Å². The number of rotatable bonds is 6. The molecule has 0 bridgehead atoms. The van der Waals surface area contributed by atoms with Gasteiger partial charge in [0.15, 0.2) is 0 Å². The van der Waals surface area contributed by atoms with Gasteiger partial charge in [0.2, 0.25) is 5.91 Å². The Morgan fingerprint density at radius 3 is 3.07 bits per heavy atom. The van der Waals surface area contributed by atoms with E-state index in [2.05, 4.69) is 16.8 Å². The fourth-order valence-electron chi connectivity index (χ4n) is 1.13. The molecule has 1 aromatic heterocycles. The predicted octanol–water partition coefficient (Wildman–Crippen LogP) is 1.15. The minimum absolute atomic E-state index is 0.102. The molecular weight excluding hydrogens is 196 g/mol. The zero-order chi connectivity index (χ0) is 10.2. The third-order valence-electron chi connectivity index (χ3n) is 1.92. The van der Waals surface area contributed by atoms with Crippen molar-refractivity contribution in [2.24, 2.45) is 5.73 Å². The highest BCUT2D eigenvalue weighted by molar-refractivity contribution is 7.07. The molecule has 78 valence electrons. The van der Waals surface area contributed by atoms with Crippen LogP contribution in [-0.4, -0.2) is 19.0 Å². The van der Waals surface area contributed by atoms with Crippen LogP contribution >= 0.6 is 11.3 Å². The molecule has 1 heterocycles. The van der Waals surface area contributed by atoms with Crippen molar-refractivity contribution in [2.75, 3.05) is 13.1 Å². The summed E-state index contributed by atoms with van der Waals surface area (Å²) < 4.78 is 0. The maximum atomic E-state index is 11.2. The number of carbonyl (C=O) groups excluding carboxylic acids is 1. The lowest BCUT2D eigenvalue weighted by Crippen LogP contribution is -2.25. The van der Waals surface area contributed by atoms with Gasteiger partial charge in [0.05, 0.1) is 0 Å². The van der Waals surface area contributed by atoms with E-state index in [0.29, 0.717) is 13.0 Å². The van der Waals surface area contributed by atoms with Crippen LogP contribution in [0.2, 0.25) is 0 Å². The largest absolute Gasteiger partial charge is 0.356 e. The van der Waals surface area contributed by atoms with Crippen molar-refractivity contribution in [2.45, 2.75) is 19.3 Å². The molecule has 0 saturated carbocycles. The summed E-state index contributed by atoms with van der Waals surface area (Å²) in [5.74, 6) is 0.102. The molecule has 1 rings (SSSR count). The Hall–Kier alpha value is -0.870. The fourth-order valence-corrected chi connectivity index (χ4v) is 1.84. The second-order valence-electron chi connectivity index (χ2n) is 3.12. The highest BCUT2D eigenvalue weighted by Gasteiger charge is 1.99. The van der Waals surface area contributed by atoms with Gasteiger partial charge in [-0.2, -0.15) is 11.3 Å². The minimum atomic E-state index is 0.102. The summed E-state index contributed by atoms with van der Waals surface area (Å²) in [4.78, 5) is 11.2. The molecule has 0 fully saturated rings. The number of hydrogen-bond acceptors (Lipinski definition) is 3. The van der Waals surface area contributed by atoms with E-state index in [1.54, 1.807) is 11.3 Å². The molecule has 3 nitrogen and oxygen atoms in total. The first kappa shape index (κ1) is 11.2. The zero-order valence-corrected chi connectivity index (χ0v) is 8.98. The Morgan fingerprint density at radius 1 is 1.57 bits per heavy atom. The van der Waals surface area contributed by atoms with E-state index < -0.39 is 0 Å². The van der Waals surface area contributed by atoms with Crippen LogP contribution in [0.25, 0.3) is 0 Å². The van der Waals surface area contributed by atoms with Crippen LogP contribution in [0.4, 0.5) is 0 Å². The lowest BCUT2D eigenvalue weighted by molar-refractivity contribution is -0.121. The van der Waals surface area contributed by atoms with Gasteiger partial charge in [-0.15, -0.1) is 0 Å². The third kappa shape index (κ3) is 4.39. The lowest BCUT2D eigenvalue weighted by Gasteiger charge is -2.02. The average molecular weight is 212 g/mol. The zero-order valence-electron chi connectivity index (χ0n) is 8.16. The normalized spacial score (nSPS) is 10.1. The van der Waals surface area contributed by atoms with E-state index in [9.17, 15) is 4.79 Å². The smallest absolute Gasteiger partial charge is 0.220 e. The van der Waals surface area contributed by atoms with Crippen molar-refractivity contribution in [3.8, 4) is 0 Å². The van der Waals surface area contributed by atoms with Gasteiger partial charge in [0.25, 0.3) is 0 Å². The number of carbonyl (C=O) groups is 1. The molecule has 0 spiro atoms. The Morgan fingerprint density at radius 2 is 2.43 bits per heavy atom. The Bertz CT molecular complexity index is 259. The molecule has 1 amide bonds. The summed E-state index contributed by atoms with van der Waals surface area (Å²) in [6, 6.07) is 2.08. The highest BCUT2D eigenvalue weighted by atomic mass is 32.1. The van der Waals surface area contributed by atoms with Crippen molar-refractivity contribution >= 4 is 17.2 Å². The fraction of sp³-hybridized carbons (Fsp3) is 0.500. The van der Waals surface area contributed by atoms with Gasteiger partial charge in [-0.25, -0.2) is 0 Å². The molecule has 1 aromatic rings. The van der Waals surface area contributed by atoms with Crippen LogP contribution in [0, 0.1) is 0 Å². The molecule has 0 saturated heterocycles. The van der Waals surface area contributed by atoms with Gasteiger partial charge < -0.3 is 11.1 Å². The molecule has 3 N–H and O–H groups in total. The Balaban J connectivity index is 2.06. The van der Waals surface area contributed by atoms with E-state index in [1.165, 1.54) is 5.56 Å². The molecule has 0 aliphatic carbocycles. The lowest BCUT2D eigenvalue weighted by atomic mass is 10.2.